The molecule has 0 amide bonds. The molecule has 0 aliphatic rings. The van der Waals surface area contributed by atoms with Gasteiger partial charge < -0.3 is 4.74 Å². The Morgan fingerprint density at radius 3 is 3.00 bits per heavy atom. The van der Waals surface area contributed by atoms with Gasteiger partial charge in [0.25, 0.3) is 0 Å². The predicted molar refractivity (Wildman–Crippen MR) is 71.6 cm³/mol. The van der Waals surface area contributed by atoms with Gasteiger partial charge in [-0.25, -0.2) is 0 Å². The van der Waals surface area contributed by atoms with Crippen molar-refractivity contribution in [3.63, 3.8) is 0 Å². The summed E-state index contributed by atoms with van der Waals surface area (Å²) >= 11 is 7.79. The van der Waals surface area contributed by atoms with Crippen molar-refractivity contribution in [1.82, 2.24) is 0 Å². The highest BCUT2D eigenvalue weighted by molar-refractivity contribution is 7.17. The van der Waals surface area contributed by atoms with Crippen LogP contribution in [0, 0.1) is 0 Å². The van der Waals surface area contributed by atoms with Crippen molar-refractivity contribution >= 4 is 33.0 Å². The van der Waals surface area contributed by atoms with Crippen molar-refractivity contribution in [3.05, 3.63) is 34.2 Å². The summed E-state index contributed by atoms with van der Waals surface area (Å²) in [4.78, 5) is 0. The first-order valence-electron chi connectivity index (χ1n) is 5.48. The molecule has 0 bridgehead atoms. The molecule has 3 heteroatoms. The van der Waals surface area contributed by atoms with Gasteiger partial charge in [-0.05, 0) is 54.8 Å². The molecule has 0 saturated carbocycles. The van der Waals surface area contributed by atoms with Gasteiger partial charge in [-0.1, -0.05) is 11.6 Å². The first kappa shape index (κ1) is 11.9. The van der Waals surface area contributed by atoms with Gasteiger partial charge in [0.1, 0.15) is 0 Å². The molecule has 1 aromatic heterocycles. The Hall–Kier alpha value is -0.570. The molecule has 1 unspecified atom stereocenters. The van der Waals surface area contributed by atoms with E-state index in [1.54, 1.807) is 11.3 Å². The Balaban J connectivity index is 2.27. The van der Waals surface area contributed by atoms with E-state index in [1.165, 1.54) is 15.6 Å². The molecule has 0 N–H and O–H groups in total. The van der Waals surface area contributed by atoms with Crippen LogP contribution < -0.4 is 0 Å². The number of hydrogen-bond donors (Lipinski definition) is 0. The molecule has 2 rings (SSSR count). The maximum absolute atomic E-state index is 6.02. The first-order chi connectivity index (χ1) is 7.70. The fourth-order valence-electron chi connectivity index (χ4n) is 1.87. The highest BCUT2D eigenvalue weighted by atomic mass is 35.5. The predicted octanol–water partition coefficient (Wildman–Crippen LogP) is 4.52. The van der Waals surface area contributed by atoms with Gasteiger partial charge >= 0.3 is 0 Å². The average Bonchev–Trinajstić information content (AvgIpc) is 2.61. The Labute approximate surface area is 105 Å². The summed E-state index contributed by atoms with van der Waals surface area (Å²) in [7, 11) is 0. The third-order valence-corrected chi connectivity index (χ3v) is 3.82. The summed E-state index contributed by atoms with van der Waals surface area (Å²) in [6.07, 6.45) is 1.22. The van der Waals surface area contributed by atoms with E-state index in [0.29, 0.717) is 0 Å². The zero-order valence-electron chi connectivity index (χ0n) is 9.50. The fraction of sp³-hybridized carbons (Fsp3) is 0.385. The quantitative estimate of drug-likeness (QED) is 0.779. The zero-order chi connectivity index (χ0) is 11.5. The van der Waals surface area contributed by atoms with Crippen molar-refractivity contribution in [2.45, 2.75) is 26.4 Å². The lowest BCUT2D eigenvalue weighted by Gasteiger charge is -2.10. The lowest BCUT2D eigenvalue weighted by Crippen LogP contribution is -2.10. The topological polar surface area (TPSA) is 9.23 Å². The van der Waals surface area contributed by atoms with Crippen LogP contribution in [0.15, 0.2) is 23.6 Å². The second kappa shape index (κ2) is 5.17. The molecule has 0 radical (unpaired) electrons. The summed E-state index contributed by atoms with van der Waals surface area (Å²) < 4.78 is 6.86. The number of ether oxygens (including phenoxy) is 1. The second-order valence-corrected chi connectivity index (χ2v) is 5.22. The monoisotopic (exact) mass is 254 g/mol. The van der Waals surface area contributed by atoms with Crippen LogP contribution in [0.1, 0.15) is 19.4 Å². The van der Waals surface area contributed by atoms with Crippen LogP contribution in [-0.4, -0.2) is 12.7 Å². The molecular weight excluding hydrogens is 240 g/mol. The summed E-state index contributed by atoms with van der Waals surface area (Å²) in [6.45, 7) is 4.90. The minimum atomic E-state index is 0.266. The van der Waals surface area contributed by atoms with Gasteiger partial charge in [0.2, 0.25) is 0 Å². The number of rotatable bonds is 4. The number of halogens is 1. The van der Waals surface area contributed by atoms with Crippen LogP contribution in [0.3, 0.4) is 0 Å². The molecule has 1 nitrogen and oxygen atoms in total. The van der Waals surface area contributed by atoms with Gasteiger partial charge in [0, 0.05) is 16.3 Å². The Morgan fingerprint density at radius 2 is 2.25 bits per heavy atom. The molecular formula is C13H15ClOS. The van der Waals surface area contributed by atoms with Crippen LogP contribution in [-0.2, 0) is 11.2 Å². The molecule has 0 spiro atoms. The van der Waals surface area contributed by atoms with Crippen molar-refractivity contribution in [2.75, 3.05) is 6.61 Å². The van der Waals surface area contributed by atoms with Crippen LogP contribution >= 0.6 is 22.9 Å². The molecule has 1 aromatic carbocycles. The highest BCUT2D eigenvalue weighted by Gasteiger charge is 2.08. The van der Waals surface area contributed by atoms with Gasteiger partial charge in [-0.15, -0.1) is 11.3 Å². The lowest BCUT2D eigenvalue weighted by atomic mass is 10.1. The standard InChI is InChI=1S/C13H15ClOS/c1-3-15-9(2)6-10-8-16-13-5-4-11(14)7-12(10)13/h4-5,7-9H,3,6H2,1-2H3. The third kappa shape index (κ3) is 2.57. The second-order valence-electron chi connectivity index (χ2n) is 3.87. The molecule has 16 heavy (non-hydrogen) atoms. The van der Waals surface area contributed by atoms with Crippen LogP contribution in [0.25, 0.3) is 10.1 Å². The normalized spacial score (nSPS) is 13.2. The van der Waals surface area contributed by atoms with E-state index >= 15 is 0 Å². The maximum atomic E-state index is 6.02. The molecule has 0 aliphatic heterocycles. The average molecular weight is 255 g/mol. The van der Waals surface area contributed by atoms with E-state index in [1.807, 2.05) is 19.1 Å². The SMILES string of the molecule is CCOC(C)Cc1csc2ccc(Cl)cc12. The molecule has 0 fully saturated rings. The summed E-state index contributed by atoms with van der Waals surface area (Å²) in [6, 6.07) is 6.06. The molecule has 2 aromatic rings. The number of hydrogen-bond acceptors (Lipinski definition) is 2. The van der Waals surface area contributed by atoms with Crippen molar-refractivity contribution in [1.29, 1.82) is 0 Å². The lowest BCUT2D eigenvalue weighted by molar-refractivity contribution is 0.0771. The smallest absolute Gasteiger partial charge is 0.0587 e. The van der Waals surface area contributed by atoms with E-state index in [-0.39, 0.29) is 6.10 Å². The molecule has 1 heterocycles. The first-order valence-corrected chi connectivity index (χ1v) is 6.73. The van der Waals surface area contributed by atoms with Gasteiger partial charge in [-0.2, -0.15) is 0 Å². The summed E-state index contributed by atoms with van der Waals surface area (Å²) in [5.41, 5.74) is 1.34. The minimum Gasteiger partial charge on any atom is -0.378 e. The van der Waals surface area contributed by atoms with Crippen LogP contribution in [0.2, 0.25) is 5.02 Å². The van der Waals surface area contributed by atoms with E-state index in [4.69, 9.17) is 16.3 Å². The van der Waals surface area contributed by atoms with Crippen LogP contribution in [0.5, 0.6) is 0 Å². The maximum Gasteiger partial charge on any atom is 0.0587 e. The Morgan fingerprint density at radius 1 is 1.44 bits per heavy atom. The third-order valence-electron chi connectivity index (χ3n) is 2.57. The number of benzene rings is 1. The Bertz CT molecular complexity index is 478. The van der Waals surface area contributed by atoms with E-state index < -0.39 is 0 Å². The fourth-order valence-corrected chi connectivity index (χ4v) is 2.99. The Kier molecular flexibility index (Phi) is 3.85. The van der Waals surface area contributed by atoms with Crippen LogP contribution in [0.4, 0.5) is 0 Å². The number of fused-ring (bicyclic) bond motifs is 1. The van der Waals surface area contributed by atoms with Crippen molar-refractivity contribution in [2.24, 2.45) is 0 Å². The van der Waals surface area contributed by atoms with Crippen molar-refractivity contribution < 1.29 is 4.74 Å². The number of thiophene rings is 1. The highest BCUT2D eigenvalue weighted by Crippen LogP contribution is 2.29. The minimum absolute atomic E-state index is 0.266. The van der Waals surface area contributed by atoms with Crippen molar-refractivity contribution in [3.8, 4) is 0 Å². The van der Waals surface area contributed by atoms with Gasteiger partial charge in [-0.3, -0.25) is 0 Å². The molecule has 0 saturated heterocycles. The van der Waals surface area contributed by atoms with E-state index in [0.717, 1.165) is 18.1 Å². The zero-order valence-corrected chi connectivity index (χ0v) is 11.1. The molecule has 0 aliphatic carbocycles. The van der Waals surface area contributed by atoms with Gasteiger partial charge in [0.15, 0.2) is 0 Å². The van der Waals surface area contributed by atoms with E-state index in [2.05, 4.69) is 18.4 Å². The van der Waals surface area contributed by atoms with E-state index in [9.17, 15) is 0 Å². The summed E-state index contributed by atoms with van der Waals surface area (Å²) in [5, 5.41) is 4.27. The van der Waals surface area contributed by atoms with Gasteiger partial charge in [0.05, 0.1) is 6.10 Å². The largest absolute Gasteiger partial charge is 0.378 e. The molecule has 1 atom stereocenters. The molecule has 86 valence electrons. The summed E-state index contributed by atoms with van der Waals surface area (Å²) in [5.74, 6) is 0.